The first-order valence-corrected chi connectivity index (χ1v) is 8.44. The number of piperidine rings is 1. The molecule has 0 aromatic carbocycles. The summed E-state index contributed by atoms with van der Waals surface area (Å²) in [5.74, 6) is 0.426. The number of hydrogen-bond acceptors (Lipinski definition) is 6. The van der Waals surface area contributed by atoms with Gasteiger partial charge in [0.25, 0.3) is 5.91 Å². The van der Waals surface area contributed by atoms with Gasteiger partial charge < -0.3 is 20.3 Å². The second kappa shape index (κ2) is 9.05. The van der Waals surface area contributed by atoms with E-state index in [9.17, 15) is 9.59 Å². The molecule has 1 aromatic heterocycles. The number of ether oxygens (including phenoxy) is 1. The van der Waals surface area contributed by atoms with Crippen molar-refractivity contribution in [3.05, 3.63) is 17.8 Å². The normalized spacial score (nSPS) is 15.0. The molecule has 0 unspecified atom stereocenters. The third kappa shape index (κ3) is 5.07. The van der Waals surface area contributed by atoms with Crippen molar-refractivity contribution in [2.45, 2.75) is 39.2 Å². The van der Waals surface area contributed by atoms with Crippen molar-refractivity contribution in [3.8, 4) is 0 Å². The fraction of sp³-hybridized carbons (Fsp3) is 0.625. The van der Waals surface area contributed by atoms with Crippen molar-refractivity contribution in [2.75, 3.05) is 31.6 Å². The van der Waals surface area contributed by atoms with Gasteiger partial charge in [0.2, 0.25) is 0 Å². The van der Waals surface area contributed by atoms with Gasteiger partial charge in [0, 0.05) is 25.7 Å². The fourth-order valence-electron chi connectivity index (χ4n) is 2.48. The maximum Gasteiger partial charge on any atom is 0.409 e. The van der Waals surface area contributed by atoms with E-state index in [2.05, 4.69) is 27.8 Å². The Labute approximate surface area is 142 Å². The molecule has 1 aliphatic rings. The monoisotopic (exact) mass is 335 g/mol. The summed E-state index contributed by atoms with van der Waals surface area (Å²) in [4.78, 5) is 25.5. The van der Waals surface area contributed by atoms with Gasteiger partial charge in [0.15, 0.2) is 5.69 Å². The lowest BCUT2D eigenvalue weighted by Crippen LogP contribution is -2.46. The van der Waals surface area contributed by atoms with Crippen LogP contribution in [-0.2, 0) is 4.74 Å². The van der Waals surface area contributed by atoms with Crippen LogP contribution >= 0.6 is 0 Å². The van der Waals surface area contributed by atoms with E-state index in [0.29, 0.717) is 44.0 Å². The molecule has 2 heterocycles. The van der Waals surface area contributed by atoms with Crippen LogP contribution in [0.5, 0.6) is 0 Å². The van der Waals surface area contributed by atoms with Crippen LogP contribution in [-0.4, -0.2) is 59.4 Å². The van der Waals surface area contributed by atoms with Crippen LogP contribution in [0.3, 0.4) is 0 Å². The Balaban J connectivity index is 1.80. The second-order valence-electron chi connectivity index (χ2n) is 5.66. The molecule has 2 N–H and O–H groups in total. The summed E-state index contributed by atoms with van der Waals surface area (Å²) in [7, 11) is 0. The van der Waals surface area contributed by atoms with Crippen LogP contribution in [0.25, 0.3) is 0 Å². The molecule has 24 heavy (non-hydrogen) atoms. The molecule has 1 aromatic rings. The molecule has 0 bridgehead atoms. The molecule has 0 atom stereocenters. The summed E-state index contributed by atoms with van der Waals surface area (Å²) in [6.07, 6.45) is 2.11. The Bertz CT molecular complexity index is 541. The highest BCUT2D eigenvalue weighted by atomic mass is 16.6. The minimum Gasteiger partial charge on any atom is -0.450 e. The number of aromatic nitrogens is 2. The zero-order valence-corrected chi connectivity index (χ0v) is 14.2. The van der Waals surface area contributed by atoms with Gasteiger partial charge in [-0.1, -0.05) is 6.92 Å². The molecule has 8 heteroatoms. The molecule has 1 fully saturated rings. The zero-order valence-electron chi connectivity index (χ0n) is 14.2. The van der Waals surface area contributed by atoms with Gasteiger partial charge in [0.05, 0.1) is 6.61 Å². The number of amides is 2. The quantitative estimate of drug-likeness (QED) is 0.820. The number of rotatable bonds is 6. The molecule has 132 valence electrons. The van der Waals surface area contributed by atoms with E-state index in [0.717, 1.165) is 13.0 Å². The molecule has 2 amide bonds. The largest absolute Gasteiger partial charge is 0.450 e. The molecule has 8 nitrogen and oxygen atoms in total. The Hall–Kier alpha value is -2.38. The molecule has 1 saturated heterocycles. The van der Waals surface area contributed by atoms with E-state index in [-0.39, 0.29) is 18.0 Å². The van der Waals surface area contributed by atoms with Crippen molar-refractivity contribution in [2.24, 2.45) is 0 Å². The van der Waals surface area contributed by atoms with Crippen LogP contribution in [0.1, 0.15) is 43.6 Å². The van der Waals surface area contributed by atoms with Crippen molar-refractivity contribution >= 4 is 17.8 Å². The number of likely N-dealkylation sites (tertiary alicyclic amines) is 1. The highest BCUT2D eigenvalue weighted by molar-refractivity contribution is 5.92. The fourth-order valence-corrected chi connectivity index (χ4v) is 2.48. The van der Waals surface area contributed by atoms with Crippen LogP contribution in [0.4, 0.5) is 10.6 Å². The van der Waals surface area contributed by atoms with E-state index in [1.807, 2.05) is 0 Å². The lowest BCUT2D eigenvalue weighted by atomic mass is 10.1. The van der Waals surface area contributed by atoms with Crippen molar-refractivity contribution < 1.29 is 14.3 Å². The molecular formula is C16H25N5O3. The van der Waals surface area contributed by atoms with Gasteiger partial charge in [-0.15, -0.1) is 10.2 Å². The van der Waals surface area contributed by atoms with Gasteiger partial charge in [-0.25, -0.2) is 4.79 Å². The Morgan fingerprint density at radius 1 is 1.25 bits per heavy atom. The first-order chi connectivity index (χ1) is 11.6. The predicted octanol–water partition coefficient (Wildman–Crippen LogP) is 1.65. The van der Waals surface area contributed by atoms with Crippen molar-refractivity contribution in [3.63, 3.8) is 0 Å². The molecule has 0 spiro atoms. The SMILES string of the molecule is CCCNc1ccc(C(=O)NC2CCN(C(=O)OCC)CC2)nn1. The standard InChI is InChI=1S/C16H25N5O3/c1-3-9-17-14-6-5-13(19-20-14)15(22)18-12-7-10-21(11-8-12)16(23)24-4-2/h5-6,12H,3-4,7-11H2,1-2H3,(H,17,20)(H,18,22). The van der Waals surface area contributed by atoms with Gasteiger partial charge in [0.1, 0.15) is 5.82 Å². The lowest BCUT2D eigenvalue weighted by Gasteiger charge is -2.31. The highest BCUT2D eigenvalue weighted by Gasteiger charge is 2.25. The summed E-state index contributed by atoms with van der Waals surface area (Å²) < 4.78 is 4.98. The number of hydrogen-bond donors (Lipinski definition) is 2. The summed E-state index contributed by atoms with van der Waals surface area (Å²) in [6, 6.07) is 3.44. The van der Waals surface area contributed by atoms with E-state index in [4.69, 9.17) is 4.74 Å². The van der Waals surface area contributed by atoms with Gasteiger partial charge >= 0.3 is 6.09 Å². The average molecular weight is 335 g/mol. The Morgan fingerprint density at radius 2 is 2.00 bits per heavy atom. The number of carbonyl (C=O) groups excluding carboxylic acids is 2. The second-order valence-corrected chi connectivity index (χ2v) is 5.66. The van der Waals surface area contributed by atoms with Crippen molar-refractivity contribution in [1.29, 1.82) is 0 Å². The zero-order chi connectivity index (χ0) is 17.4. The predicted molar refractivity (Wildman–Crippen MR) is 89.9 cm³/mol. The van der Waals surface area contributed by atoms with Crippen LogP contribution in [0, 0.1) is 0 Å². The van der Waals surface area contributed by atoms with E-state index in [1.54, 1.807) is 24.0 Å². The van der Waals surface area contributed by atoms with Gasteiger partial charge in [-0.3, -0.25) is 4.79 Å². The summed E-state index contributed by atoms with van der Waals surface area (Å²) in [5.41, 5.74) is 0.296. The molecule has 0 saturated carbocycles. The Kier molecular flexibility index (Phi) is 6.77. The first-order valence-electron chi connectivity index (χ1n) is 8.44. The van der Waals surface area contributed by atoms with Gasteiger partial charge in [-0.05, 0) is 38.3 Å². The molecule has 0 radical (unpaired) electrons. The molecule has 1 aliphatic heterocycles. The smallest absolute Gasteiger partial charge is 0.409 e. The summed E-state index contributed by atoms with van der Waals surface area (Å²) >= 11 is 0. The van der Waals surface area contributed by atoms with Crippen LogP contribution in [0.2, 0.25) is 0 Å². The average Bonchev–Trinajstić information content (AvgIpc) is 2.61. The van der Waals surface area contributed by atoms with Gasteiger partial charge in [-0.2, -0.15) is 0 Å². The number of nitrogens with zero attached hydrogens (tertiary/aromatic N) is 3. The van der Waals surface area contributed by atoms with Crippen LogP contribution in [0.15, 0.2) is 12.1 Å². The molecular weight excluding hydrogens is 310 g/mol. The molecule has 2 rings (SSSR count). The molecule has 0 aliphatic carbocycles. The lowest BCUT2D eigenvalue weighted by molar-refractivity contribution is 0.0856. The number of nitrogens with one attached hydrogen (secondary N) is 2. The van der Waals surface area contributed by atoms with Crippen molar-refractivity contribution in [1.82, 2.24) is 20.4 Å². The van der Waals surface area contributed by atoms with E-state index < -0.39 is 0 Å². The summed E-state index contributed by atoms with van der Waals surface area (Å²) in [5, 5.41) is 14.0. The Morgan fingerprint density at radius 3 is 2.58 bits per heavy atom. The maximum absolute atomic E-state index is 12.2. The van der Waals surface area contributed by atoms with E-state index in [1.165, 1.54) is 0 Å². The minimum absolute atomic E-state index is 0.0304. The number of carbonyl (C=O) groups is 2. The third-order valence-electron chi connectivity index (χ3n) is 3.81. The first kappa shape index (κ1) is 18.0. The number of anilines is 1. The van der Waals surface area contributed by atoms with Crippen LogP contribution < -0.4 is 10.6 Å². The highest BCUT2D eigenvalue weighted by Crippen LogP contribution is 2.12. The maximum atomic E-state index is 12.2. The summed E-state index contributed by atoms with van der Waals surface area (Å²) in [6.45, 7) is 6.20. The topological polar surface area (TPSA) is 96.5 Å². The van der Waals surface area contributed by atoms with E-state index >= 15 is 0 Å². The minimum atomic E-state index is -0.289. The third-order valence-corrected chi connectivity index (χ3v) is 3.81.